The number of aromatic nitrogens is 1. The van der Waals surface area contributed by atoms with Crippen LogP contribution in [0.5, 0.6) is 0 Å². The summed E-state index contributed by atoms with van der Waals surface area (Å²) in [6.07, 6.45) is 0. The lowest BCUT2D eigenvalue weighted by Gasteiger charge is -2.20. The maximum Gasteiger partial charge on any atom is 0.421 e. The summed E-state index contributed by atoms with van der Waals surface area (Å²) in [5, 5.41) is 0. The highest BCUT2D eigenvalue weighted by molar-refractivity contribution is 5.72. The van der Waals surface area contributed by atoms with Crippen molar-refractivity contribution < 1.29 is 4.42 Å². The van der Waals surface area contributed by atoms with E-state index in [0.717, 1.165) is 12.1 Å². The maximum absolute atomic E-state index is 12.1. The molecule has 0 aliphatic carbocycles. The normalized spacial score (nSPS) is 12.2. The molecule has 0 unspecified atom stereocenters. The number of fused-ring (bicyclic) bond motifs is 1. The summed E-state index contributed by atoms with van der Waals surface area (Å²) in [5.41, 5.74) is 4.17. The van der Waals surface area contributed by atoms with Crippen LogP contribution in [0.15, 0.2) is 57.7 Å². The van der Waals surface area contributed by atoms with Crippen molar-refractivity contribution in [1.82, 2.24) is 9.47 Å². The smallest absolute Gasteiger partial charge is 0.408 e. The fourth-order valence-corrected chi connectivity index (χ4v) is 2.86. The number of oxazole rings is 1. The highest BCUT2D eigenvalue weighted by Crippen LogP contribution is 2.22. The van der Waals surface area contributed by atoms with Gasteiger partial charge in [-0.05, 0) is 35.7 Å². The van der Waals surface area contributed by atoms with Crippen LogP contribution < -0.4 is 5.76 Å². The molecule has 24 heavy (non-hydrogen) atoms. The Balaban J connectivity index is 1.74. The van der Waals surface area contributed by atoms with Gasteiger partial charge in [0.1, 0.15) is 0 Å². The quantitative estimate of drug-likeness (QED) is 0.728. The standard InChI is InChI=1S/C20H24N2O2/c1-20(2,3)16-11-9-15(10-12-16)13-21(4)14-22-17-7-5-6-8-18(17)24-19(22)23/h5-12H,13-14H2,1-4H3. The molecule has 0 N–H and O–H groups in total. The van der Waals surface area contributed by atoms with Gasteiger partial charge in [-0.15, -0.1) is 0 Å². The molecule has 1 aromatic heterocycles. The molecule has 0 bridgehead atoms. The van der Waals surface area contributed by atoms with E-state index in [1.165, 1.54) is 11.1 Å². The Morgan fingerprint density at radius 1 is 1.04 bits per heavy atom. The Kier molecular flexibility index (Phi) is 4.33. The number of para-hydroxylation sites is 2. The molecule has 0 aliphatic heterocycles. The van der Waals surface area contributed by atoms with Gasteiger partial charge in [0.15, 0.2) is 5.58 Å². The summed E-state index contributed by atoms with van der Waals surface area (Å²) in [4.78, 5) is 14.2. The van der Waals surface area contributed by atoms with Gasteiger partial charge in [0.05, 0.1) is 12.2 Å². The van der Waals surface area contributed by atoms with Crippen LogP contribution in [-0.4, -0.2) is 16.5 Å². The zero-order chi connectivity index (χ0) is 17.3. The minimum Gasteiger partial charge on any atom is -0.408 e. The van der Waals surface area contributed by atoms with Gasteiger partial charge in [-0.3, -0.25) is 9.47 Å². The Morgan fingerprint density at radius 3 is 2.38 bits per heavy atom. The lowest BCUT2D eigenvalue weighted by atomic mass is 9.87. The van der Waals surface area contributed by atoms with Gasteiger partial charge < -0.3 is 4.42 Å². The van der Waals surface area contributed by atoms with Crippen LogP contribution in [0.25, 0.3) is 11.1 Å². The lowest BCUT2D eigenvalue weighted by molar-refractivity contribution is 0.253. The number of nitrogens with zero attached hydrogens (tertiary/aromatic N) is 2. The summed E-state index contributed by atoms with van der Waals surface area (Å²) in [6, 6.07) is 16.2. The molecule has 0 saturated carbocycles. The molecule has 2 aromatic carbocycles. The van der Waals surface area contributed by atoms with Crippen molar-refractivity contribution in [2.75, 3.05) is 7.05 Å². The Labute approximate surface area is 142 Å². The topological polar surface area (TPSA) is 38.4 Å². The first-order valence-electron chi connectivity index (χ1n) is 8.21. The van der Waals surface area contributed by atoms with Gasteiger partial charge in [-0.2, -0.15) is 0 Å². The van der Waals surface area contributed by atoms with Gasteiger partial charge in [0.2, 0.25) is 0 Å². The second-order valence-corrected chi connectivity index (χ2v) is 7.37. The Hall–Kier alpha value is -2.33. The SMILES string of the molecule is CN(Cc1ccc(C(C)(C)C)cc1)Cn1c(=O)oc2ccccc21. The lowest BCUT2D eigenvalue weighted by Crippen LogP contribution is -2.27. The van der Waals surface area contributed by atoms with Gasteiger partial charge in [0.25, 0.3) is 0 Å². The van der Waals surface area contributed by atoms with Crippen molar-refractivity contribution in [3.8, 4) is 0 Å². The summed E-state index contributed by atoms with van der Waals surface area (Å²) in [6.45, 7) is 7.91. The van der Waals surface area contributed by atoms with Crippen LogP contribution in [-0.2, 0) is 18.6 Å². The molecular weight excluding hydrogens is 300 g/mol. The minimum absolute atomic E-state index is 0.160. The van der Waals surface area contributed by atoms with Crippen molar-refractivity contribution in [2.24, 2.45) is 0 Å². The number of rotatable bonds is 4. The van der Waals surface area contributed by atoms with E-state index in [4.69, 9.17) is 4.42 Å². The highest BCUT2D eigenvalue weighted by Gasteiger charge is 2.14. The summed E-state index contributed by atoms with van der Waals surface area (Å²) in [5.74, 6) is -0.314. The van der Waals surface area contributed by atoms with Crippen LogP contribution in [0.2, 0.25) is 0 Å². The number of benzene rings is 2. The Morgan fingerprint density at radius 2 is 1.71 bits per heavy atom. The largest absolute Gasteiger partial charge is 0.421 e. The molecule has 0 fully saturated rings. The zero-order valence-electron chi connectivity index (χ0n) is 14.7. The first-order valence-corrected chi connectivity index (χ1v) is 8.21. The average Bonchev–Trinajstić information content (AvgIpc) is 2.83. The van der Waals surface area contributed by atoms with Crippen LogP contribution in [0.3, 0.4) is 0 Å². The fraction of sp³-hybridized carbons (Fsp3) is 0.350. The number of hydrogen-bond donors (Lipinski definition) is 0. The molecule has 1 heterocycles. The average molecular weight is 324 g/mol. The third kappa shape index (κ3) is 3.44. The van der Waals surface area contributed by atoms with Crippen LogP contribution in [0.1, 0.15) is 31.9 Å². The molecule has 126 valence electrons. The Bertz CT molecular complexity index is 882. The molecule has 0 radical (unpaired) electrons. The molecular formula is C20H24N2O2. The third-order valence-electron chi connectivity index (χ3n) is 4.23. The molecule has 0 saturated heterocycles. The van der Waals surface area contributed by atoms with E-state index in [1.54, 1.807) is 4.57 Å². The molecule has 0 spiro atoms. The minimum atomic E-state index is -0.314. The second kappa shape index (κ2) is 6.29. The monoisotopic (exact) mass is 324 g/mol. The molecule has 0 atom stereocenters. The fourth-order valence-electron chi connectivity index (χ4n) is 2.86. The maximum atomic E-state index is 12.1. The highest BCUT2D eigenvalue weighted by atomic mass is 16.4. The van der Waals surface area contributed by atoms with E-state index in [2.05, 4.69) is 49.9 Å². The van der Waals surface area contributed by atoms with Crippen molar-refractivity contribution in [3.05, 3.63) is 70.2 Å². The van der Waals surface area contributed by atoms with Crippen molar-refractivity contribution >= 4 is 11.1 Å². The van der Waals surface area contributed by atoms with Gasteiger partial charge in [-0.25, -0.2) is 4.79 Å². The molecule has 0 amide bonds. The van der Waals surface area contributed by atoms with Crippen molar-refractivity contribution in [1.29, 1.82) is 0 Å². The van der Waals surface area contributed by atoms with E-state index >= 15 is 0 Å². The summed E-state index contributed by atoms with van der Waals surface area (Å²) < 4.78 is 6.95. The van der Waals surface area contributed by atoms with E-state index in [9.17, 15) is 4.79 Å². The van der Waals surface area contributed by atoms with Crippen LogP contribution >= 0.6 is 0 Å². The summed E-state index contributed by atoms with van der Waals surface area (Å²) >= 11 is 0. The number of hydrogen-bond acceptors (Lipinski definition) is 3. The molecule has 4 heteroatoms. The molecule has 3 rings (SSSR count). The second-order valence-electron chi connectivity index (χ2n) is 7.37. The van der Waals surface area contributed by atoms with E-state index in [-0.39, 0.29) is 11.2 Å². The molecule has 0 aliphatic rings. The third-order valence-corrected chi connectivity index (χ3v) is 4.23. The van der Waals surface area contributed by atoms with Crippen molar-refractivity contribution in [3.63, 3.8) is 0 Å². The van der Waals surface area contributed by atoms with E-state index in [1.807, 2.05) is 31.3 Å². The van der Waals surface area contributed by atoms with E-state index in [0.29, 0.717) is 12.3 Å². The molecule has 4 nitrogen and oxygen atoms in total. The van der Waals surface area contributed by atoms with Crippen LogP contribution in [0.4, 0.5) is 0 Å². The zero-order valence-corrected chi connectivity index (χ0v) is 14.7. The molecule has 3 aromatic rings. The van der Waals surface area contributed by atoms with Gasteiger partial charge in [0, 0.05) is 6.54 Å². The predicted molar refractivity (Wildman–Crippen MR) is 97.1 cm³/mol. The van der Waals surface area contributed by atoms with Gasteiger partial charge >= 0.3 is 5.76 Å². The predicted octanol–water partition coefficient (Wildman–Crippen LogP) is 3.98. The van der Waals surface area contributed by atoms with E-state index < -0.39 is 0 Å². The summed E-state index contributed by atoms with van der Waals surface area (Å²) in [7, 11) is 2.01. The van der Waals surface area contributed by atoms with Crippen LogP contribution in [0, 0.1) is 0 Å². The van der Waals surface area contributed by atoms with Gasteiger partial charge in [-0.1, -0.05) is 57.2 Å². The van der Waals surface area contributed by atoms with Crippen molar-refractivity contribution in [2.45, 2.75) is 39.4 Å². The first kappa shape index (κ1) is 16.5. The first-order chi connectivity index (χ1) is 11.3.